The van der Waals surface area contributed by atoms with Crippen molar-refractivity contribution < 1.29 is 15.0 Å². The molecule has 132 valence electrons. The maximum atomic E-state index is 11.9. The van der Waals surface area contributed by atoms with Gasteiger partial charge in [0.1, 0.15) is 11.5 Å². The molecule has 1 aromatic carbocycles. The number of carbonyl (C=O) groups excluding carboxylic acids is 1. The molecule has 3 heteroatoms. The molecule has 0 saturated heterocycles. The number of Topliss-reactive ketones (excluding diaryl/α,β-unsaturated/α-hetero) is 1. The summed E-state index contributed by atoms with van der Waals surface area (Å²) in [7, 11) is 0. The van der Waals surface area contributed by atoms with E-state index in [-0.39, 0.29) is 17.3 Å². The Bertz CT molecular complexity index is 648. The lowest BCUT2D eigenvalue weighted by molar-refractivity contribution is 0.101. The van der Waals surface area contributed by atoms with Gasteiger partial charge in [0.05, 0.1) is 5.56 Å². The van der Waals surface area contributed by atoms with Crippen molar-refractivity contribution in [3.63, 3.8) is 0 Å². The van der Waals surface area contributed by atoms with Crippen LogP contribution in [0.5, 0.6) is 11.5 Å². The van der Waals surface area contributed by atoms with Crippen molar-refractivity contribution in [2.24, 2.45) is 0 Å². The number of phenols is 2. The number of hydrogen-bond donors (Lipinski definition) is 2. The van der Waals surface area contributed by atoms with Crippen molar-refractivity contribution in [2.45, 2.75) is 66.7 Å². The molecule has 0 aliphatic carbocycles. The Hall–Kier alpha value is -2.03. The number of aryl methyl sites for hydroxylation is 1. The summed E-state index contributed by atoms with van der Waals surface area (Å²) in [5, 5.41) is 20.7. The van der Waals surface area contributed by atoms with Crippen LogP contribution in [-0.2, 0) is 12.8 Å². The highest BCUT2D eigenvalue weighted by Crippen LogP contribution is 2.35. The summed E-state index contributed by atoms with van der Waals surface area (Å²) in [5.74, 6) is -0.171. The van der Waals surface area contributed by atoms with Crippen LogP contribution >= 0.6 is 0 Å². The van der Waals surface area contributed by atoms with Crippen LogP contribution in [0.3, 0.4) is 0 Å². The predicted octanol–water partition coefficient (Wildman–Crippen LogP) is 5.49. The summed E-state index contributed by atoms with van der Waals surface area (Å²) in [6, 6.07) is 1.63. The van der Waals surface area contributed by atoms with Crippen LogP contribution < -0.4 is 0 Å². The molecule has 0 heterocycles. The van der Waals surface area contributed by atoms with Crippen LogP contribution in [0.2, 0.25) is 0 Å². The molecule has 2 N–H and O–H groups in total. The molecule has 0 saturated carbocycles. The maximum absolute atomic E-state index is 11.9. The van der Waals surface area contributed by atoms with Crippen molar-refractivity contribution in [2.75, 3.05) is 0 Å². The zero-order chi connectivity index (χ0) is 18.3. The fourth-order valence-corrected chi connectivity index (χ4v) is 2.78. The van der Waals surface area contributed by atoms with Crippen molar-refractivity contribution in [1.82, 2.24) is 0 Å². The molecular weight excluding hydrogens is 300 g/mol. The molecule has 0 aliphatic heterocycles. The minimum atomic E-state index is -0.165. The number of allylic oxidation sites excluding steroid dienone is 4. The van der Waals surface area contributed by atoms with Crippen molar-refractivity contribution in [1.29, 1.82) is 0 Å². The van der Waals surface area contributed by atoms with Gasteiger partial charge in [-0.3, -0.25) is 4.79 Å². The molecule has 0 spiro atoms. The highest BCUT2D eigenvalue weighted by Gasteiger charge is 2.19. The first-order chi connectivity index (χ1) is 11.3. The van der Waals surface area contributed by atoms with E-state index in [9.17, 15) is 15.0 Å². The normalized spacial score (nSPS) is 11.5. The van der Waals surface area contributed by atoms with Gasteiger partial charge in [0.2, 0.25) is 0 Å². The zero-order valence-electron chi connectivity index (χ0n) is 15.6. The number of carbonyl (C=O) groups is 1. The second-order valence-corrected chi connectivity index (χ2v) is 6.64. The molecule has 0 aromatic heterocycles. The molecule has 0 unspecified atom stereocenters. The Morgan fingerprint density at radius 2 is 1.79 bits per heavy atom. The average Bonchev–Trinajstić information content (AvgIpc) is 2.46. The summed E-state index contributed by atoms with van der Waals surface area (Å²) in [4.78, 5) is 11.9. The Morgan fingerprint density at radius 3 is 2.33 bits per heavy atom. The van der Waals surface area contributed by atoms with Crippen LogP contribution in [0.1, 0.15) is 75.4 Å². The topological polar surface area (TPSA) is 57.5 Å². The number of phenolic OH excluding ortho intramolecular Hbond substituents is 2. The van der Waals surface area contributed by atoms with Gasteiger partial charge < -0.3 is 10.2 Å². The van der Waals surface area contributed by atoms with Crippen molar-refractivity contribution in [3.05, 3.63) is 46.1 Å². The number of benzene rings is 1. The highest BCUT2D eigenvalue weighted by atomic mass is 16.3. The van der Waals surface area contributed by atoms with Crippen LogP contribution in [0.25, 0.3) is 0 Å². The minimum absolute atomic E-state index is 0.0642. The fourth-order valence-electron chi connectivity index (χ4n) is 2.78. The van der Waals surface area contributed by atoms with Gasteiger partial charge in [-0.2, -0.15) is 0 Å². The monoisotopic (exact) mass is 330 g/mol. The largest absolute Gasteiger partial charge is 0.508 e. The molecule has 0 radical (unpaired) electrons. The molecular formula is C21H30O3. The van der Waals surface area contributed by atoms with E-state index in [1.807, 2.05) is 19.9 Å². The Kier molecular flexibility index (Phi) is 7.76. The SMILES string of the molecule is CCCc1cc(O)c(C/C=C(\C)CCC=C(C)C)c(O)c1C(C)=O. The lowest BCUT2D eigenvalue weighted by Gasteiger charge is -2.14. The first kappa shape index (κ1) is 20.0. The van der Waals surface area contributed by atoms with Gasteiger partial charge in [0, 0.05) is 5.56 Å². The minimum Gasteiger partial charge on any atom is -0.508 e. The zero-order valence-corrected chi connectivity index (χ0v) is 15.6. The quantitative estimate of drug-likeness (QED) is 0.489. The number of rotatable bonds is 8. The van der Waals surface area contributed by atoms with E-state index in [4.69, 9.17) is 0 Å². The lowest BCUT2D eigenvalue weighted by atomic mass is 9.93. The van der Waals surface area contributed by atoms with Gasteiger partial charge in [-0.05, 0) is 65.0 Å². The van der Waals surface area contributed by atoms with E-state index in [0.717, 1.165) is 19.3 Å². The van der Waals surface area contributed by atoms with E-state index in [0.29, 0.717) is 29.5 Å². The summed E-state index contributed by atoms with van der Waals surface area (Å²) < 4.78 is 0. The van der Waals surface area contributed by atoms with E-state index in [2.05, 4.69) is 19.9 Å². The summed E-state index contributed by atoms with van der Waals surface area (Å²) >= 11 is 0. The molecule has 0 atom stereocenters. The third-order valence-corrected chi connectivity index (χ3v) is 4.08. The van der Waals surface area contributed by atoms with E-state index >= 15 is 0 Å². The first-order valence-electron chi connectivity index (χ1n) is 8.64. The van der Waals surface area contributed by atoms with E-state index in [1.54, 1.807) is 6.07 Å². The molecule has 0 fully saturated rings. The van der Waals surface area contributed by atoms with Gasteiger partial charge in [-0.25, -0.2) is 0 Å². The highest BCUT2D eigenvalue weighted by molar-refractivity contribution is 5.99. The van der Waals surface area contributed by atoms with Crippen LogP contribution in [0.4, 0.5) is 0 Å². The van der Waals surface area contributed by atoms with Crippen LogP contribution in [0.15, 0.2) is 29.4 Å². The van der Waals surface area contributed by atoms with Gasteiger partial charge in [-0.15, -0.1) is 0 Å². The predicted molar refractivity (Wildman–Crippen MR) is 99.9 cm³/mol. The second kappa shape index (κ2) is 9.31. The summed E-state index contributed by atoms with van der Waals surface area (Å²) in [5.41, 5.74) is 4.00. The summed E-state index contributed by atoms with van der Waals surface area (Å²) in [6.07, 6.45) is 8.06. The fraction of sp³-hybridized carbons (Fsp3) is 0.476. The van der Waals surface area contributed by atoms with E-state index < -0.39 is 0 Å². The Labute approximate surface area is 145 Å². The maximum Gasteiger partial charge on any atom is 0.163 e. The molecule has 0 amide bonds. The second-order valence-electron chi connectivity index (χ2n) is 6.64. The molecule has 1 rings (SSSR count). The number of ketones is 1. The molecule has 0 aliphatic rings. The third-order valence-electron chi connectivity index (χ3n) is 4.08. The lowest BCUT2D eigenvalue weighted by Crippen LogP contribution is -2.03. The van der Waals surface area contributed by atoms with Gasteiger partial charge in [0.15, 0.2) is 5.78 Å². The van der Waals surface area contributed by atoms with E-state index in [1.165, 1.54) is 18.1 Å². The molecule has 1 aromatic rings. The number of aromatic hydroxyl groups is 2. The average molecular weight is 330 g/mol. The van der Waals surface area contributed by atoms with Crippen LogP contribution in [-0.4, -0.2) is 16.0 Å². The van der Waals surface area contributed by atoms with Crippen molar-refractivity contribution >= 4 is 5.78 Å². The smallest absolute Gasteiger partial charge is 0.163 e. The number of hydrogen-bond acceptors (Lipinski definition) is 3. The van der Waals surface area contributed by atoms with Gasteiger partial charge >= 0.3 is 0 Å². The molecule has 3 nitrogen and oxygen atoms in total. The first-order valence-corrected chi connectivity index (χ1v) is 8.64. The summed E-state index contributed by atoms with van der Waals surface area (Å²) in [6.45, 7) is 9.66. The molecule has 0 bridgehead atoms. The van der Waals surface area contributed by atoms with Crippen LogP contribution in [0, 0.1) is 0 Å². The Morgan fingerprint density at radius 1 is 1.12 bits per heavy atom. The Balaban J connectivity index is 3.05. The van der Waals surface area contributed by atoms with Gasteiger partial charge in [-0.1, -0.05) is 36.6 Å². The standard InChI is InChI=1S/C21H30O3/c1-6-8-17-13-19(23)18(21(24)20(17)16(5)22)12-11-15(4)10-7-9-14(2)3/h9,11,13,23-24H,6-8,10,12H2,1-5H3/b15-11+. The van der Waals surface area contributed by atoms with Crippen molar-refractivity contribution in [3.8, 4) is 11.5 Å². The molecule has 24 heavy (non-hydrogen) atoms. The third kappa shape index (κ3) is 5.55. The van der Waals surface area contributed by atoms with Gasteiger partial charge in [0.25, 0.3) is 0 Å².